The molecule has 1 heterocycles. The van der Waals surface area contributed by atoms with Crippen molar-refractivity contribution in [3.63, 3.8) is 0 Å². The molecule has 0 fully saturated rings. The number of benzene rings is 2. The van der Waals surface area contributed by atoms with Crippen LogP contribution in [0.15, 0.2) is 42.5 Å². The van der Waals surface area contributed by atoms with Crippen LogP contribution >= 0.6 is 0 Å². The Balaban J connectivity index is 1.97. The summed E-state index contributed by atoms with van der Waals surface area (Å²) in [6.07, 6.45) is 0. The monoisotopic (exact) mass is 294 g/mol. The van der Waals surface area contributed by atoms with Gasteiger partial charge in [-0.3, -0.25) is 4.79 Å². The first-order valence-corrected chi connectivity index (χ1v) is 7.13. The van der Waals surface area contributed by atoms with E-state index in [1.807, 2.05) is 56.3 Å². The average Bonchev–Trinajstić information content (AvgIpc) is 2.84. The SMILES string of the molecule is COc1ccccc1NC(=O)c1[nH]c2cc(C)ccc2c1C. The van der Waals surface area contributed by atoms with Gasteiger partial charge in [0.2, 0.25) is 0 Å². The Morgan fingerprint density at radius 2 is 1.91 bits per heavy atom. The molecule has 0 unspecified atom stereocenters. The van der Waals surface area contributed by atoms with Crippen LogP contribution in [-0.2, 0) is 0 Å². The molecule has 4 nitrogen and oxygen atoms in total. The van der Waals surface area contributed by atoms with Crippen molar-refractivity contribution in [2.75, 3.05) is 12.4 Å². The fraction of sp³-hybridized carbons (Fsp3) is 0.167. The molecule has 0 aliphatic heterocycles. The Kier molecular flexibility index (Phi) is 3.59. The standard InChI is InChI=1S/C18H18N2O2/c1-11-8-9-13-12(2)17(19-15(13)10-11)18(21)20-14-6-4-5-7-16(14)22-3/h4-10,19H,1-3H3,(H,20,21). The second kappa shape index (κ2) is 5.56. The van der Waals surface area contributed by atoms with E-state index in [9.17, 15) is 4.79 Å². The summed E-state index contributed by atoms with van der Waals surface area (Å²) in [5, 5.41) is 3.96. The summed E-state index contributed by atoms with van der Waals surface area (Å²) >= 11 is 0. The summed E-state index contributed by atoms with van der Waals surface area (Å²) in [6, 6.07) is 13.5. The number of H-pyrrole nitrogens is 1. The van der Waals surface area contributed by atoms with Gasteiger partial charge < -0.3 is 15.0 Å². The van der Waals surface area contributed by atoms with Gasteiger partial charge in [0.1, 0.15) is 11.4 Å². The van der Waals surface area contributed by atoms with Gasteiger partial charge in [0.05, 0.1) is 12.8 Å². The number of aryl methyl sites for hydroxylation is 2. The van der Waals surface area contributed by atoms with E-state index < -0.39 is 0 Å². The largest absolute Gasteiger partial charge is 0.495 e. The lowest BCUT2D eigenvalue weighted by Crippen LogP contribution is -2.14. The lowest BCUT2D eigenvalue weighted by molar-refractivity contribution is 0.102. The van der Waals surface area contributed by atoms with E-state index in [0.717, 1.165) is 22.0 Å². The van der Waals surface area contributed by atoms with Gasteiger partial charge in [-0.25, -0.2) is 0 Å². The number of hydrogen-bond acceptors (Lipinski definition) is 2. The first-order chi connectivity index (χ1) is 10.6. The van der Waals surface area contributed by atoms with E-state index in [1.165, 1.54) is 0 Å². The number of methoxy groups -OCH3 is 1. The molecule has 0 radical (unpaired) electrons. The van der Waals surface area contributed by atoms with Crippen molar-refractivity contribution in [1.82, 2.24) is 4.98 Å². The lowest BCUT2D eigenvalue weighted by Gasteiger charge is -2.09. The molecular weight excluding hydrogens is 276 g/mol. The van der Waals surface area contributed by atoms with Gasteiger partial charge in [0, 0.05) is 10.9 Å². The zero-order valence-corrected chi connectivity index (χ0v) is 12.9. The number of hydrogen-bond donors (Lipinski definition) is 2. The Bertz CT molecular complexity index is 849. The van der Waals surface area contributed by atoms with Crippen molar-refractivity contribution in [3.05, 3.63) is 59.3 Å². The molecule has 0 saturated heterocycles. The van der Waals surface area contributed by atoms with E-state index in [-0.39, 0.29) is 5.91 Å². The predicted molar refractivity (Wildman–Crippen MR) is 88.7 cm³/mol. The van der Waals surface area contributed by atoms with E-state index in [4.69, 9.17) is 4.74 Å². The van der Waals surface area contributed by atoms with Crippen LogP contribution in [0.25, 0.3) is 10.9 Å². The van der Waals surface area contributed by atoms with Crippen molar-refractivity contribution >= 4 is 22.5 Å². The summed E-state index contributed by atoms with van der Waals surface area (Å²) in [4.78, 5) is 15.8. The molecule has 1 aromatic heterocycles. The molecule has 0 spiro atoms. The number of aromatic nitrogens is 1. The Morgan fingerprint density at radius 3 is 2.68 bits per heavy atom. The van der Waals surface area contributed by atoms with E-state index >= 15 is 0 Å². The van der Waals surface area contributed by atoms with Crippen molar-refractivity contribution in [2.24, 2.45) is 0 Å². The van der Waals surface area contributed by atoms with Crippen LogP contribution in [0.5, 0.6) is 5.75 Å². The minimum absolute atomic E-state index is 0.171. The number of ether oxygens (including phenoxy) is 1. The number of amides is 1. The minimum Gasteiger partial charge on any atom is -0.495 e. The normalized spacial score (nSPS) is 10.7. The maximum Gasteiger partial charge on any atom is 0.272 e. The van der Waals surface area contributed by atoms with Gasteiger partial charge in [-0.15, -0.1) is 0 Å². The third-order valence-electron chi connectivity index (χ3n) is 3.80. The Morgan fingerprint density at radius 1 is 1.14 bits per heavy atom. The lowest BCUT2D eigenvalue weighted by atomic mass is 10.1. The average molecular weight is 294 g/mol. The van der Waals surface area contributed by atoms with Crippen molar-refractivity contribution in [3.8, 4) is 5.75 Å². The minimum atomic E-state index is -0.171. The molecule has 3 aromatic rings. The fourth-order valence-corrected chi connectivity index (χ4v) is 2.61. The molecular formula is C18H18N2O2. The van der Waals surface area contributed by atoms with Crippen LogP contribution in [0, 0.1) is 13.8 Å². The summed E-state index contributed by atoms with van der Waals surface area (Å²) in [6.45, 7) is 3.98. The van der Waals surface area contributed by atoms with Crippen LogP contribution in [0.1, 0.15) is 21.6 Å². The molecule has 0 atom stereocenters. The molecule has 2 N–H and O–H groups in total. The van der Waals surface area contributed by atoms with Crippen molar-refractivity contribution in [2.45, 2.75) is 13.8 Å². The van der Waals surface area contributed by atoms with Gasteiger partial charge >= 0.3 is 0 Å². The highest BCUT2D eigenvalue weighted by Crippen LogP contribution is 2.26. The molecule has 1 amide bonds. The number of carbonyl (C=O) groups excluding carboxylic acids is 1. The smallest absolute Gasteiger partial charge is 0.272 e. The van der Waals surface area contributed by atoms with Crippen LogP contribution in [0.3, 0.4) is 0 Å². The second-order valence-corrected chi connectivity index (χ2v) is 5.33. The predicted octanol–water partition coefficient (Wildman–Crippen LogP) is 4.05. The fourth-order valence-electron chi connectivity index (χ4n) is 2.61. The quantitative estimate of drug-likeness (QED) is 0.765. The molecule has 2 aromatic carbocycles. The number of anilines is 1. The zero-order chi connectivity index (χ0) is 15.7. The van der Waals surface area contributed by atoms with Gasteiger partial charge in [-0.1, -0.05) is 24.3 Å². The van der Waals surface area contributed by atoms with E-state index in [0.29, 0.717) is 17.1 Å². The number of carbonyl (C=O) groups is 1. The number of aromatic amines is 1. The third-order valence-corrected chi connectivity index (χ3v) is 3.80. The molecule has 0 aliphatic carbocycles. The van der Waals surface area contributed by atoms with Crippen molar-refractivity contribution < 1.29 is 9.53 Å². The van der Waals surface area contributed by atoms with Crippen LogP contribution < -0.4 is 10.1 Å². The number of nitrogens with one attached hydrogen (secondary N) is 2. The van der Waals surface area contributed by atoms with E-state index in [1.54, 1.807) is 7.11 Å². The molecule has 22 heavy (non-hydrogen) atoms. The van der Waals surface area contributed by atoms with Gasteiger partial charge in [0.25, 0.3) is 5.91 Å². The molecule has 3 rings (SSSR count). The van der Waals surface area contributed by atoms with E-state index in [2.05, 4.69) is 10.3 Å². The number of rotatable bonds is 3. The highest BCUT2D eigenvalue weighted by Gasteiger charge is 2.16. The third kappa shape index (κ3) is 2.44. The van der Waals surface area contributed by atoms with Gasteiger partial charge in [-0.05, 0) is 43.2 Å². The maximum atomic E-state index is 12.6. The summed E-state index contributed by atoms with van der Waals surface area (Å²) in [5.74, 6) is 0.469. The van der Waals surface area contributed by atoms with Crippen molar-refractivity contribution in [1.29, 1.82) is 0 Å². The Hall–Kier alpha value is -2.75. The molecule has 0 bridgehead atoms. The first-order valence-electron chi connectivity index (χ1n) is 7.13. The second-order valence-electron chi connectivity index (χ2n) is 5.33. The first kappa shape index (κ1) is 14.2. The van der Waals surface area contributed by atoms with Crippen LogP contribution in [0.4, 0.5) is 5.69 Å². The Labute approximate surface area is 129 Å². The summed E-state index contributed by atoms with van der Waals surface area (Å²) in [5.41, 5.74) is 4.31. The molecule has 112 valence electrons. The van der Waals surface area contributed by atoms with Gasteiger partial charge in [0.15, 0.2) is 0 Å². The topological polar surface area (TPSA) is 54.1 Å². The molecule has 4 heteroatoms. The maximum absolute atomic E-state index is 12.6. The highest BCUT2D eigenvalue weighted by molar-refractivity contribution is 6.08. The summed E-state index contributed by atoms with van der Waals surface area (Å²) < 4.78 is 5.26. The zero-order valence-electron chi connectivity index (χ0n) is 12.9. The summed E-state index contributed by atoms with van der Waals surface area (Å²) in [7, 11) is 1.59. The molecule has 0 saturated carbocycles. The highest BCUT2D eigenvalue weighted by atomic mass is 16.5. The molecule has 0 aliphatic rings. The van der Waals surface area contributed by atoms with Gasteiger partial charge in [-0.2, -0.15) is 0 Å². The van der Waals surface area contributed by atoms with Crippen LogP contribution in [-0.4, -0.2) is 18.0 Å². The number of para-hydroxylation sites is 2. The van der Waals surface area contributed by atoms with Crippen LogP contribution in [0.2, 0.25) is 0 Å². The number of fused-ring (bicyclic) bond motifs is 1.